The van der Waals surface area contributed by atoms with Crippen LogP contribution in [0.15, 0.2) is 0 Å². The number of sulfonamides is 1. The largest absolute Gasteiger partial charge is 0.469 e. The normalized spacial score (nSPS) is 32.6. The average molecular weight is 348 g/mol. The zero-order valence-corrected chi connectivity index (χ0v) is 15.2. The number of nitrogens with zero attached hydrogens (tertiary/aromatic N) is 2. The van der Waals surface area contributed by atoms with Gasteiger partial charge in [0.15, 0.2) is 0 Å². The third-order valence-corrected chi connectivity index (χ3v) is 7.14. The number of morpholine rings is 1. The Kier molecular flexibility index (Phi) is 6.05. The highest BCUT2D eigenvalue weighted by Gasteiger charge is 2.47. The van der Waals surface area contributed by atoms with Gasteiger partial charge in [-0.05, 0) is 26.7 Å². The van der Waals surface area contributed by atoms with Crippen LogP contribution in [0.5, 0.6) is 0 Å². The van der Waals surface area contributed by atoms with Gasteiger partial charge in [0.2, 0.25) is 10.0 Å². The predicted octanol–water partition coefficient (Wildman–Crippen LogP) is 0.309. The molecule has 0 N–H and O–H groups in total. The molecule has 0 radical (unpaired) electrons. The number of hydrogen-bond donors (Lipinski definition) is 0. The number of hydrogen-bond acceptors (Lipinski definition) is 6. The summed E-state index contributed by atoms with van der Waals surface area (Å²) in [7, 11) is -0.567. The zero-order valence-electron chi connectivity index (χ0n) is 14.4. The second kappa shape index (κ2) is 7.46. The van der Waals surface area contributed by atoms with Crippen molar-refractivity contribution < 1.29 is 22.7 Å². The lowest BCUT2D eigenvalue weighted by Gasteiger charge is -2.38. The van der Waals surface area contributed by atoms with Crippen molar-refractivity contribution in [2.75, 3.05) is 40.3 Å². The van der Waals surface area contributed by atoms with Crippen LogP contribution in [0.25, 0.3) is 0 Å². The number of carbonyl (C=O) groups is 1. The maximum atomic E-state index is 12.6. The summed E-state index contributed by atoms with van der Waals surface area (Å²) in [4.78, 5) is 13.8. The Morgan fingerprint density at radius 2 is 1.87 bits per heavy atom. The number of carbonyl (C=O) groups excluding carboxylic acids is 1. The van der Waals surface area contributed by atoms with Gasteiger partial charge in [-0.2, -0.15) is 0 Å². The van der Waals surface area contributed by atoms with Gasteiger partial charge >= 0.3 is 5.97 Å². The summed E-state index contributed by atoms with van der Waals surface area (Å²) >= 11 is 0. The Balaban J connectivity index is 1.89. The molecule has 2 unspecified atom stereocenters. The van der Waals surface area contributed by atoms with Crippen LogP contribution in [0.4, 0.5) is 0 Å². The molecular formula is C15H28N2O5S. The monoisotopic (exact) mass is 348 g/mol. The average Bonchev–Trinajstić information content (AvgIpc) is 2.41. The highest BCUT2D eigenvalue weighted by atomic mass is 32.2. The zero-order chi connectivity index (χ0) is 17.2. The van der Waals surface area contributed by atoms with Gasteiger partial charge in [0.05, 0.1) is 30.5 Å². The first-order valence-corrected chi connectivity index (χ1v) is 9.66. The second-order valence-corrected chi connectivity index (χ2v) is 8.89. The minimum atomic E-state index is -3.46. The van der Waals surface area contributed by atoms with E-state index in [-0.39, 0.29) is 12.2 Å². The van der Waals surface area contributed by atoms with Crippen LogP contribution in [-0.4, -0.2) is 81.4 Å². The quantitative estimate of drug-likeness (QED) is 0.643. The first kappa shape index (κ1) is 18.6. The van der Waals surface area contributed by atoms with Crippen LogP contribution in [-0.2, 0) is 24.3 Å². The van der Waals surface area contributed by atoms with Gasteiger partial charge in [0.25, 0.3) is 0 Å². The van der Waals surface area contributed by atoms with E-state index in [0.29, 0.717) is 25.9 Å². The number of methoxy groups -OCH3 is 1. The first-order valence-electron chi connectivity index (χ1n) is 8.16. The fourth-order valence-corrected chi connectivity index (χ4v) is 5.25. The Morgan fingerprint density at radius 3 is 2.35 bits per heavy atom. The van der Waals surface area contributed by atoms with E-state index in [4.69, 9.17) is 9.47 Å². The minimum Gasteiger partial charge on any atom is -0.469 e. The fraction of sp³-hybridized carbons (Fsp3) is 0.933. The molecule has 1 heterocycles. The molecule has 1 saturated carbocycles. The van der Waals surface area contributed by atoms with E-state index >= 15 is 0 Å². The van der Waals surface area contributed by atoms with Crippen molar-refractivity contribution in [1.82, 2.24) is 9.21 Å². The number of esters is 1. The molecule has 0 amide bonds. The molecule has 2 rings (SSSR count). The summed E-state index contributed by atoms with van der Waals surface area (Å²) in [6, 6.07) is 0. The maximum absolute atomic E-state index is 12.6. The molecular weight excluding hydrogens is 320 g/mol. The van der Waals surface area contributed by atoms with Crippen molar-refractivity contribution in [2.24, 2.45) is 5.92 Å². The summed E-state index contributed by atoms with van der Waals surface area (Å²) in [5.41, 5.74) is 0. The molecule has 1 aliphatic carbocycles. The summed E-state index contributed by atoms with van der Waals surface area (Å²) in [5.74, 6) is -0.940. The first-order chi connectivity index (χ1) is 10.8. The van der Waals surface area contributed by atoms with Gasteiger partial charge < -0.3 is 9.47 Å². The molecule has 0 bridgehead atoms. The molecule has 2 aliphatic rings. The Morgan fingerprint density at radius 1 is 1.26 bits per heavy atom. The lowest BCUT2D eigenvalue weighted by Crippen LogP contribution is -2.52. The summed E-state index contributed by atoms with van der Waals surface area (Å²) in [5, 5.41) is -0.637. The van der Waals surface area contributed by atoms with E-state index in [9.17, 15) is 13.2 Å². The van der Waals surface area contributed by atoms with Crippen molar-refractivity contribution in [2.45, 2.75) is 44.1 Å². The Hall–Kier alpha value is -0.700. The van der Waals surface area contributed by atoms with E-state index in [0.717, 1.165) is 13.1 Å². The molecule has 0 aromatic rings. The minimum absolute atomic E-state index is 0.163. The van der Waals surface area contributed by atoms with Gasteiger partial charge in [0.1, 0.15) is 0 Å². The van der Waals surface area contributed by atoms with Crippen LogP contribution in [0.2, 0.25) is 0 Å². The van der Waals surface area contributed by atoms with Crippen LogP contribution in [0, 0.1) is 5.92 Å². The topological polar surface area (TPSA) is 76.2 Å². The highest BCUT2D eigenvalue weighted by molar-refractivity contribution is 7.89. The molecule has 1 saturated heterocycles. The van der Waals surface area contributed by atoms with Crippen LogP contribution in [0.1, 0.15) is 26.7 Å². The van der Waals surface area contributed by atoms with E-state index in [1.807, 2.05) is 13.8 Å². The van der Waals surface area contributed by atoms with Crippen molar-refractivity contribution in [3.05, 3.63) is 0 Å². The number of likely N-dealkylation sites (N-methyl/N-ethyl adjacent to an activating group) is 1. The van der Waals surface area contributed by atoms with E-state index in [1.165, 1.54) is 11.4 Å². The smallest absolute Gasteiger partial charge is 0.310 e. The van der Waals surface area contributed by atoms with Gasteiger partial charge in [-0.3, -0.25) is 9.69 Å². The predicted molar refractivity (Wildman–Crippen MR) is 86.5 cm³/mol. The van der Waals surface area contributed by atoms with E-state index in [1.54, 1.807) is 7.05 Å². The van der Waals surface area contributed by atoms with Crippen molar-refractivity contribution >= 4 is 16.0 Å². The second-order valence-electron chi connectivity index (χ2n) is 6.63. The van der Waals surface area contributed by atoms with Gasteiger partial charge in [-0.1, -0.05) is 0 Å². The van der Waals surface area contributed by atoms with Gasteiger partial charge in [-0.15, -0.1) is 0 Å². The third kappa shape index (κ3) is 4.23. The fourth-order valence-electron chi connectivity index (χ4n) is 3.35. The Labute approximate surface area is 139 Å². The molecule has 0 aromatic heterocycles. The molecule has 2 fully saturated rings. The van der Waals surface area contributed by atoms with Crippen molar-refractivity contribution in [3.63, 3.8) is 0 Å². The van der Waals surface area contributed by atoms with Crippen molar-refractivity contribution in [3.8, 4) is 0 Å². The SMILES string of the molecule is COC(=O)C1CCC1S(=O)(=O)N(C)CCN1C[C@@H](C)O[C@@H](C)C1. The summed E-state index contributed by atoms with van der Waals surface area (Å²) in [6.07, 6.45) is 1.44. The van der Waals surface area contributed by atoms with Crippen LogP contribution >= 0.6 is 0 Å². The number of ether oxygens (including phenoxy) is 2. The van der Waals surface area contributed by atoms with Gasteiger partial charge in [0, 0.05) is 33.2 Å². The summed E-state index contributed by atoms with van der Waals surface area (Å²) in [6.45, 7) is 6.77. The molecule has 134 valence electrons. The highest BCUT2D eigenvalue weighted by Crippen LogP contribution is 2.35. The Bertz CT molecular complexity index is 514. The lowest BCUT2D eigenvalue weighted by atomic mass is 9.85. The van der Waals surface area contributed by atoms with Crippen LogP contribution < -0.4 is 0 Å². The van der Waals surface area contributed by atoms with Crippen molar-refractivity contribution in [1.29, 1.82) is 0 Å². The van der Waals surface area contributed by atoms with E-state index < -0.39 is 27.2 Å². The number of rotatable bonds is 6. The van der Waals surface area contributed by atoms with Gasteiger partial charge in [-0.25, -0.2) is 12.7 Å². The standard InChI is InChI=1S/C15H28N2O5S/c1-11-9-17(10-12(2)22-11)8-7-16(3)23(19,20)14-6-5-13(14)15(18)21-4/h11-14H,5-10H2,1-4H3/t11-,12+,13?,14?. The maximum Gasteiger partial charge on any atom is 0.310 e. The van der Waals surface area contributed by atoms with E-state index in [2.05, 4.69) is 4.90 Å². The molecule has 8 heteroatoms. The third-order valence-electron chi connectivity index (χ3n) is 4.76. The lowest BCUT2D eigenvalue weighted by molar-refractivity contribution is -0.148. The molecule has 0 aromatic carbocycles. The summed E-state index contributed by atoms with van der Waals surface area (Å²) < 4.78 is 37.0. The van der Waals surface area contributed by atoms with Crippen LogP contribution in [0.3, 0.4) is 0 Å². The molecule has 4 atom stereocenters. The molecule has 23 heavy (non-hydrogen) atoms. The molecule has 0 spiro atoms. The molecule has 7 nitrogen and oxygen atoms in total. The molecule has 1 aliphatic heterocycles.